The van der Waals surface area contributed by atoms with Gasteiger partial charge in [0.1, 0.15) is 0 Å². The molecule has 1 saturated heterocycles. The standard InChI is InChI=1S/C14H16BrNO2/c1-2-13(17)16-9-3-4-12(16)14(18)10-5-7-11(15)8-6-10/h5-8,12H,2-4,9H2,1H3. The number of carbonyl (C=O) groups is 2. The van der Waals surface area contributed by atoms with Gasteiger partial charge in [0.05, 0.1) is 6.04 Å². The van der Waals surface area contributed by atoms with Crippen molar-refractivity contribution in [2.75, 3.05) is 6.54 Å². The molecule has 1 aliphatic rings. The van der Waals surface area contributed by atoms with Crippen molar-refractivity contribution >= 4 is 27.6 Å². The second-order valence-corrected chi connectivity index (χ2v) is 5.39. The molecule has 96 valence electrons. The highest BCUT2D eigenvalue weighted by Gasteiger charge is 2.33. The van der Waals surface area contributed by atoms with Crippen LogP contribution in [0.25, 0.3) is 0 Å². The first-order chi connectivity index (χ1) is 8.63. The molecule has 1 atom stereocenters. The molecule has 18 heavy (non-hydrogen) atoms. The van der Waals surface area contributed by atoms with E-state index in [0.717, 1.165) is 17.3 Å². The molecule has 1 aromatic rings. The molecular weight excluding hydrogens is 294 g/mol. The van der Waals surface area contributed by atoms with E-state index in [-0.39, 0.29) is 17.7 Å². The lowest BCUT2D eigenvalue weighted by Crippen LogP contribution is -2.40. The molecule has 3 nitrogen and oxygen atoms in total. The summed E-state index contributed by atoms with van der Waals surface area (Å²) in [5.74, 6) is 0.129. The number of amides is 1. The third-order valence-corrected chi connectivity index (χ3v) is 3.84. The lowest BCUT2D eigenvalue weighted by atomic mass is 10.0. The van der Waals surface area contributed by atoms with Gasteiger partial charge in [-0.2, -0.15) is 0 Å². The van der Waals surface area contributed by atoms with E-state index in [4.69, 9.17) is 0 Å². The molecule has 0 bridgehead atoms. The second kappa shape index (κ2) is 5.65. The minimum atomic E-state index is -0.265. The van der Waals surface area contributed by atoms with Gasteiger partial charge in [-0.1, -0.05) is 35.0 Å². The highest BCUT2D eigenvalue weighted by molar-refractivity contribution is 9.10. The molecule has 4 heteroatoms. The maximum Gasteiger partial charge on any atom is 0.222 e. The van der Waals surface area contributed by atoms with Gasteiger partial charge in [-0.25, -0.2) is 0 Å². The van der Waals surface area contributed by atoms with Crippen LogP contribution in [0.15, 0.2) is 28.7 Å². The zero-order valence-electron chi connectivity index (χ0n) is 10.4. The van der Waals surface area contributed by atoms with Gasteiger partial charge in [-0.3, -0.25) is 9.59 Å². The van der Waals surface area contributed by atoms with Crippen molar-refractivity contribution in [3.05, 3.63) is 34.3 Å². The summed E-state index contributed by atoms with van der Waals surface area (Å²) in [4.78, 5) is 25.9. The number of halogens is 1. The Hall–Kier alpha value is -1.16. The van der Waals surface area contributed by atoms with Crippen LogP contribution in [-0.4, -0.2) is 29.2 Å². The highest BCUT2D eigenvalue weighted by Crippen LogP contribution is 2.22. The van der Waals surface area contributed by atoms with E-state index in [1.807, 2.05) is 19.1 Å². The van der Waals surface area contributed by atoms with Crippen LogP contribution in [0, 0.1) is 0 Å². The Bertz CT molecular complexity index is 455. The Morgan fingerprint density at radius 2 is 2.00 bits per heavy atom. The summed E-state index contributed by atoms with van der Waals surface area (Å²) in [6, 6.07) is 7.06. The number of likely N-dealkylation sites (tertiary alicyclic amines) is 1. The van der Waals surface area contributed by atoms with Gasteiger partial charge in [0.25, 0.3) is 0 Å². The van der Waals surface area contributed by atoms with Crippen LogP contribution >= 0.6 is 15.9 Å². The Morgan fingerprint density at radius 1 is 1.33 bits per heavy atom. The van der Waals surface area contributed by atoms with E-state index in [9.17, 15) is 9.59 Å². The van der Waals surface area contributed by atoms with Gasteiger partial charge in [-0.15, -0.1) is 0 Å². The minimum Gasteiger partial charge on any atom is -0.332 e. The van der Waals surface area contributed by atoms with E-state index in [1.54, 1.807) is 17.0 Å². The fourth-order valence-electron chi connectivity index (χ4n) is 2.35. The van der Waals surface area contributed by atoms with Crippen LogP contribution in [0.4, 0.5) is 0 Å². The van der Waals surface area contributed by atoms with Crippen LogP contribution in [0.1, 0.15) is 36.5 Å². The lowest BCUT2D eigenvalue weighted by molar-refractivity contribution is -0.131. The first-order valence-electron chi connectivity index (χ1n) is 6.22. The summed E-state index contributed by atoms with van der Waals surface area (Å²) in [6.45, 7) is 2.54. The highest BCUT2D eigenvalue weighted by atomic mass is 79.9. The van der Waals surface area contributed by atoms with Gasteiger partial charge in [0, 0.05) is 23.0 Å². The third-order valence-electron chi connectivity index (χ3n) is 3.31. The molecule has 1 aliphatic heterocycles. The van der Waals surface area contributed by atoms with Crippen molar-refractivity contribution in [3.8, 4) is 0 Å². The topological polar surface area (TPSA) is 37.4 Å². The molecule has 0 saturated carbocycles. The molecule has 1 amide bonds. The molecule has 2 rings (SSSR count). The monoisotopic (exact) mass is 309 g/mol. The van der Waals surface area contributed by atoms with E-state index < -0.39 is 0 Å². The van der Waals surface area contributed by atoms with Gasteiger partial charge < -0.3 is 4.90 Å². The average molecular weight is 310 g/mol. The Kier molecular flexibility index (Phi) is 4.17. The van der Waals surface area contributed by atoms with Crippen LogP contribution < -0.4 is 0 Å². The van der Waals surface area contributed by atoms with Gasteiger partial charge in [0.15, 0.2) is 5.78 Å². The van der Waals surface area contributed by atoms with E-state index >= 15 is 0 Å². The smallest absolute Gasteiger partial charge is 0.222 e. The van der Waals surface area contributed by atoms with Crippen molar-refractivity contribution in [1.82, 2.24) is 4.90 Å². The SMILES string of the molecule is CCC(=O)N1CCCC1C(=O)c1ccc(Br)cc1. The lowest BCUT2D eigenvalue weighted by Gasteiger charge is -2.23. The van der Waals surface area contributed by atoms with E-state index in [0.29, 0.717) is 18.5 Å². The van der Waals surface area contributed by atoms with Gasteiger partial charge in [0.2, 0.25) is 5.91 Å². The summed E-state index contributed by atoms with van der Waals surface area (Å²) in [5, 5.41) is 0. The number of hydrogen-bond acceptors (Lipinski definition) is 2. The molecule has 0 N–H and O–H groups in total. The van der Waals surface area contributed by atoms with Crippen LogP contribution in [0.2, 0.25) is 0 Å². The molecule has 1 heterocycles. The van der Waals surface area contributed by atoms with Crippen molar-refractivity contribution < 1.29 is 9.59 Å². The summed E-state index contributed by atoms with van der Waals surface area (Å²) >= 11 is 3.35. The third kappa shape index (κ3) is 2.64. The zero-order chi connectivity index (χ0) is 13.1. The average Bonchev–Trinajstić information content (AvgIpc) is 2.87. The Morgan fingerprint density at radius 3 is 2.61 bits per heavy atom. The molecular formula is C14H16BrNO2. The molecule has 1 aromatic carbocycles. The predicted molar refractivity (Wildman–Crippen MR) is 73.5 cm³/mol. The maximum atomic E-state index is 12.4. The van der Waals surface area contributed by atoms with E-state index in [1.165, 1.54) is 0 Å². The van der Waals surface area contributed by atoms with Crippen molar-refractivity contribution in [3.63, 3.8) is 0 Å². The summed E-state index contributed by atoms with van der Waals surface area (Å²) in [6.07, 6.45) is 2.16. The normalized spacial score (nSPS) is 19.0. The van der Waals surface area contributed by atoms with Crippen molar-refractivity contribution in [2.24, 2.45) is 0 Å². The first kappa shape index (κ1) is 13.3. The van der Waals surface area contributed by atoms with Crippen LogP contribution in [0.5, 0.6) is 0 Å². The zero-order valence-corrected chi connectivity index (χ0v) is 11.9. The van der Waals surface area contributed by atoms with Crippen LogP contribution in [-0.2, 0) is 4.79 Å². The number of benzene rings is 1. The quantitative estimate of drug-likeness (QED) is 0.805. The number of ketones is 1. The minimum absolute atomic E-state index is 0.0572. The number of nitrogens with zero attached hydrogens (tertiary/aromatic N) is 1. The first-order valence-corrected chi connectivity index (χ1v) is 7.02. The fourth-order valence-corrected chi connectivity index (χ4v) is 2.61. The van der Waals surface area contributed by atoms with Crippen LogP contribution in [0.3, 0.4) is 0 Å². The number of rotatable bonds is 3. The van der Waals surface area contributed by atoms with Gasteiger partial charge in [-0.05, 0) is 25.0 Å². The summed E-state index contributed by atoms with van der Waals surface area (Å²) in [5.41, 5.74) is 0.680. The Labute approximate surface area is 115 Å². The summed E-state index contributed by atoms with van der Waals surface area (Å²) in [7, 11) is 0. The number of Topliss-reactive ketones (excluding diaryl/α,β-unsaturated/α-hetero) is 1. The molecule has 0 radical (unpaired) electrons. The van der Waals surface area contributed by atoms with Crippen molar-refractivity contribution in [1.29, 1.82) is 0 Å². The molecule has 0 spiro atoms. The van der Waals surface area contributed by atoms with Gasteiger partial charge >= 0.3 is 0 Å². The fraction of sp³-hybridized carbons (Fsp3) is 0.429. The number of carbonyl (C=O) groups excluding carboxylic acids is 2. The van der Waals surface area contributed by atoms with Crippen molar-refractivity contribution in [2.45, 2.75) is 32.2 Å². The maximum absolute atomic E-state index is 12.4. The molecule has 1 fully saturated rings. The molecule has 0 aliphatic carbocycles. The number of hydrogen-bond donors (Lipinski definition) is 0. The molecule has 1 unspecified atom stereocenters. The molecule has 0 aromatic heterocycles. The van der Waals surface area contributed by atoms with E-state index in [2.05, 4.69) is 15.9 Å². The Balaban J connectivity index is 2.17. The second-order valence-electron chi connectivity index (χ2n) is 4.47. The largest absolute Gasteiger partial charge is 0.332 e. The predicted octanol–water partition coefficient (Wildman–Crippen LogP) is 3.03. The summed E-state index contributed by atoms with van der Waals surface area (Å²) < 4.78 is 0.951.